The molecular weight excluding hydrogens is 358 g/mol. The molecule has 0 fully saturated rings. The van der Waals surface area contributed by atoms with Crippen LogP contribution in [0.4, 0.5) is 0 Å². The van der Waals surface area contributed by atoms with E-state index in [1.165, 1.54) is 22.2 Å². The molecule has 2 aromatic heterocycles. The van der Waals surface area contributed by atoms with Gasteiger partial charge in [-0.25, -0.2) is 4.98 Å². The van der Waals surface area contributed by atoms with Crippen LogP contribution in [0.25, 0.3) is 10.2 Å². The molecule has 25 heavy (non-hydrogen) atoms. The summed E-state index contributed by atoms with van der Waals surface area (Å²) in [6, 6.07) is 9.14. The van der Waals surface area contributed by atoms with Crippen LogP contribution in [0.1, 0.15) is 31.4 Å². The summed E-state index contributed by atoms with van der Waals surface area (Å²) in [7, 11) is 0. The molecular formula is C18H18ClN3O2S. The summed E-state index contributed by atoms with van der Waals surface area (Å²) >= 11 is 7.34. The van der Waals surface area contributed by atoms with Crippen molar-refractivity contribution in [3.8, 4) is 0 Å². The van der Waals surface area contributed by atoms with Crippen molar-refractivity contribution >= 4 is 39.1 Å². The molecule has 3 aromatic rings. The Balaban J connectivity index is 1.64. The van der Waals surface area contributed by atoms with Gasteiger partial charge in [0.25, 0.3) is 5.56 Å². The number of halogens is 1. The fourth-order valence-corrected chi connectivity index (χ4v) is 3.51. The van der Waals surface area contributed by atoms with Gasteiger partial charge >= 0.3 is 0 Å². The van der Waals surface area contributed by atoms with Gasteiger partial charge in [0.05, 0.1) is 17.8 Å². The lowest BCUT2D eigenvalue weighted by atomic mass is 10.0. The molecule has 0 unspecified atom stereocenters. The van der Waals surface area contributed by atoms with E-state index in [-0.39, 0.29) is 23.9 Å². The second-order valence-corrected chi connectivity index (χ2v) is 7.04. The largest absolute Gasteiger partial charge is 0.349 e. The number of amides is 1. The number of nitrogens with one attached hydrogen (secondary N) is 1. The maximum atomic E-state index is 12.3. The lowest BCUT2D eigenvalue weighted by molar-refractivity contribution is -0.122. The molecule has 0 bridgehead atoms. The molecule has 1 atom stereocenters. The van der Waals surface area contributed by atoms with E-state index < -0.39 is 0 Å². The van der Waals surface area contributed by atoms with Gasteiger partial charge in [0, 0.05) is 18.0 Å². The second kappa shape index (κ2) is 7.80. The van der Waals surface area contributed by atoms with Crippen LogP contribution < -0.4 is 10.9 Å². The standard InChI is InChI=1S/C18H18ClN3O2S/c1-2-15(12-3-5-13(19)6-4-12)21-16(23)7-9-22-11-20-17-14(18(22)24)8-10-25-17/h3-6,8,10-11,15H,2,7,9H2,1H3,(H,21,23)/t15-/m1/s1. The number of hydrogen-bond donors (Lipinski definition) is 1. The molecule has 130 valence electrons. The fourth-order valence-electron chi connectivity index (χ4n) is 2.66. The number of benzene rings is 1. The van der Waals surface area contributed by atoms with Crippen LogP contribution in [-0.2, 0) is 11.3 Å². The van der Waals surface area contributed by atoms with Crippen LogP contribution in [0, 0.1) is 0 Å². The normalized spacial score (nSPS) is 12.2. The summed E-state index contributed by atoms with van der Waals surface area (Å²) in [4.78, 5) is 29.6. The van der Waals surface area contributed by atoms with Crippen molar-refractivity contribution in [2.45, 2.75) is 32.4 Å². The van der Waals surface area contributed by atoms with E-state index in [1.807, 2.05) is 36.6 Å². The van der Waals surface area contributed by atoms with E-state index in [4.69, 9.17) is 11.6 Å². The molecule has 2 heterocycles. The molecule has 5 nitrogen and oxygen atoms in total. The van der Waals surface area contributed by atoms with Gasteiger partial charge < -0.3 is 5.32 Å². The Morgan fingerprint density at radius 3 is 2.80 bits per heavy atom. The molecule has 0 aliphatic rings. The molecule has 0 aliphatic heterocycles. The van der Waals surface area contributed by atoms with Crippen molar-refractivity contribution in [2.75, 3.05) is 0 Å². The maximum Gasteiger partial charge on any atom is 0.262 e. The highest BCUT2D eigenvalue weighted by Crippen LogP contribution is 2.19. The summed E-state index contributed by atoms with van der Waals surface area (Å²) < 4.78 is 1.48. The maximum absolute atomic E-state index is 12.3. The number of thiophene rings is 1. The summed E-state index contributed by atoms with van der Waals surface area (Å²) in [5.41, 5.74) is 0.905. The van der Waals surface area contributed by atoms with E-state index in [2.05, 4.69) is 10.3 Å². The van der Waals surface area contributed by atoms with Crippen LogP contribution >= 0.6 is 22.9 Å². The first-order valence-corrected chi connectivity index (χ1v) is 9.31. The van der Waals surface area contributed by atoms with Crippen LogP contribution in [0.5, 0.6) is 0 Å². The van der Waals surface area contributed by atoms with Crippen molar-refractivity contribution in [1.82, 2.24) is 14.9 Å². The third-order valence-electron chi connectivity index (χ3n) is 4.05. The molecule has 0 saturated carbocycles. The second-order valence-electron chi connectivity index (χ2n) is 5.71. The van der Waals surface area contributed by atoms with Crippen molar-refractivity contribution in [3.63, 3.8) is 0 Å². The third-order valence-corrected chi connectivity index (χ3v) is 5.12. The zero-order chi connectivity index (χ0) is 17.8. The van der Waals surface area contributed by atoms with E-state index in [0.717, 1.165) is 16.8 Å². The molecule has 3 rings (SSSR count). The Hall–Kier alpha value is -2.18. The van der Waals surface area contributed by atoms with E-state index >= 15 is 0 Å². The average molecular weight is 376 g/mol. The smallest absolute Gasteiger partial charge is 0.262 e. The van der Waals surface area contributed by atoms with Crippen LogP contribution in [0.2, 0.25) is 5.02 Å². The van der Waals surface area contributed by atoms with Crippen LogP contribution in [0.3, 0.4) is 0 Å². The van der Waals surface area contributed by atoms with Crippen LogP contribution in [0.15, 0.2) is 46.8 Å². The monoisotopic (exact) mass is 375 g/mol. The SMILES string of the molecule is CC[C@@H](NC(=O)CCn1cnc2sccc2c1=O)c1ccc(Cl)cc1. The molecule has 0 aliphatic carbocycles. The van der Waals surface area contributed by atoms with Crippen molar-refractivity contribution in [1.29, 1.82) is 0 Å². The Bertz CT molecular complexity index is 933. The number of carbonyl (C=O) groups is 1. The third kappa shape index (κ3) is 4.08. The summed E-state index contributed by atoms with van der Waals surface area (Å²) in [5.74, 6) is -0.0980. The number of nitrogens with zero attached hydrogens (tertiary/aromatic N) is 2. The van der Waals surface area contributed by atoms with Gasteiger partial charge in [-0.3, -0.25) is 14.2 Å². The Kier molecular flexibility index (Phi) is 5.50. The topological polar surface area (TPSA) is 64.0 Å². The van der Waals surface area contributed by atoms with Gasteiger partial charge in [0.2, 0.25) is 5.91 Å². The van der Waals surface area contributed by atoms with Gasteiger partial charge in [-0.05, 0) is 35.6 Å². The number of rotatable bonds is 6. The number of hydrogen-bond acceptors (Lipinski definition) is 4. The Labute approximate surface area is 154 Å². The highest BCUT2D eigenvalue weighted by atomic mass is 35.5. The summed E-state index contributed by atoms with van der Waals surface area (Å²) in [6.07, 6.45) is 2.50. The molecule has 0 spiro atoms. The summed E-state index contributed by atoms with van der Waals surface area (Å²) in [5, 5.41) is 6.11. The van der Waals surface area contributed by atoms with Gasteiger partial charge in [0.1, 0.15) is 4.83 Å². The fraction of sp³-hybridized carbons (Fsp3) is 0.278. The van der Waals surface area contributed by atoms with Gasteiger partial charge in [0.15, 0.2) is 0 Å². The minimum absolute atomic E-state index is 0.0704. The Morgan fingerprint density at radius 1 is 1.32 bits per heavy atom. The highest BCUT2D eigenvalue weighted by Gasteiger charge is 2.13. The van der Waals surface area contributed by atoms with Crippen molar-refractivity contribution in [2.24, 2.45) is 0 Å². The molecule has 7 heteroatoms. The zero-order valence-corrected chi connectivity index (χ0v) is 15.3. The summed E-state index contributed by atoms with van der Waals surface area (Å²) in [6.45, 7) is 2.32. The first kappa shape index (κ1) is 17.6. The minimum atomic E-state index is -0.108. The first-order chi connectivity index (χ1) is 12.1. The van der Waals surface area contributed by atoms with Gasteiger partial charge in [-0.2, -0.15) is 0 Å². The van der Waals surface area contributed by atoms with Crippen molar-refractivity contribution < 1.29 is 4.79 Å². The Morgan fingerprint density at radius 2 is 2.08 bits per heavy atom. The molecule has 1 amide bonds. The first-order valence-electron chi connectivity index (χ1n) is 8.06. The number of fused-ring (bicyclic) bond motifs is 1. The van der Waals surface area contributed by atoms with Gasteiger partial charge in [-0.1, -0.05) is 30.7 Å². The van der Waals surface area contributed by atoms with E-state index in [1.54, 1.807) is 6.07 Å². The zero-order valence-electron chi connectivity index (χ0n) is 13.7. The quantitative estimate of drug-likeness (QED) is 0.713. The van der Waals surface area contributed by atoms with Gasteiger partial charge in [-0.15, -0.1) is 11.3 Å². The molecule has 1 N–H and O–H groups in total. The average Bonchev–Trinajstić information content (AvgIpc) is 3.09. The minimum Gasteiger partial charge on any atom is -0.349 e. The lowest BCUT2D eigenvalue weighted by Gasteiger charge is -2.17. The highest BCUT2D eigenvalue weighted by molar-refractivity contribution is 7.16. The number of aryl methyl sites for hydroxylation is 1. The molecule has 0 radical (unpaired) electrons. The number of aromatic nitrogens is 2. The van der Waals surface area contributed by atoms with E-state index in [9.17, 15) is 9.59 Å². The molecule has 1 aromatic carbocycles. The predicted molar refractivity (Wildman–Crippen MR) is 101 cm³/mol. The van der Waals surface area contributed by atoms with E-state index in [0.29, 0.717) is 17.0 Å². The van der Waals surface area contributed by atoms with Crippen molar-refractivity contribution in [3.05, 3.63) is 63.0 Å². The lowest BCUT2D eigenvalue weighted by Crippen LogP contribution is -2.30. The predicted octanol–water partition coefficient (Wildman–Crippen LogP) is 3.77. The van der Waals surface area contributed by atoms with Crippen LogP contribution in [-0.4, -0.2) is 15.5 Å². The molecule has 0 saturated heterocycles. The number of carbonyl (C=O) groups excluding carboxylic acids is 1.